The minimum atomic E-state index is -4.73. The van der Waals surface area contributed by atoms with E-state index in [1.54, 1.807) is 6.92 Å². The Morgan fingerprint density at radius 2 is 2.32 bits per heavy atom. The van der Waals surface area contributed by atoms with Crippen LogP contribution in [0.2, 0.25) is 0 Å². The molecular weight excluding hydrogens is 281 g/mol. The molecular formula is C11H13F3N2O2S. The summed E-state index contributed by atoms with van der Waals surface area (Å²) >= 11 is 1.37. The maximum atomic E-state index is 13.0. The molecule has 1 aliphatic rings. The van der Waals surface area contributed by atoms with Crippen LogP contribution in [0.1, 0.15) is 17.1 Å². The van der Waals surface area contributed by atoms with Gasteiger partial charge in [-0.25, -0.2) is 4.98 Å². The Bertz CT molecular complexity index is 489. The van der Waals surface area contributed by atoms with Gasteiger partial charge in [0.05, 0.1) is 6.54 Å². The molecule has 0 aromatic carbocycles. The minimum Gasteiger partial charge on any atom is -0.481 e. The molecule has 1 aliphatic heterocycles. The van der Waals surface area contributed by atoms with Gasteiger partial charge in [0, 0.05) is 24.2 Å². The van der Waals surface area contributed by atoms with E-state index >= 15 is 0 Å². The summed E-state index contributed by atoms with van der Waals surface area (Å²) < 4.78 is 38.9. The highest BCUT2D eigenvalue weighted by atomic mass is 32.1. The van der Waals surface area contributed by atoms with Crippen molar-refractivity contribution in [3.05, 3.63) is 16.1 Å². The molecule has 0 spiro atoms. The first kappa shape index (κ1) is 14.3. The number of nitrogens with zero attached hydrogens (tertiary/aromatic N) is 2. The zero-order chi connectivity index (χ0) is 14.3. The number of likely N-dealkylation sites (tertiary alicyclic amines) is 1. The molecule has 0 aliphatic carbocycles. The van der Waals surface area contributed by atoms with E-state index in [2.05, 4.69) is 4.98 Å². The Labute approximate surface area is 111 Å². The van der Waals surface area contributed by atoms with Gasteiger partial charge in [-0.15, -0.1) is 11.3 Å². The molecule has 1 N–H and O–H groups in total. The van der Waals surface area contributed by atoms with Crippen LogP contribution >= 0.6 is 11.3 Å². The van der Waals surface area contributed by atoms with Crippen molar-refractivity contribution in [1.82, 2.24) is 9.88 Å². The SMILES string of the molecule is Cc1csc(CN2CCC(C(=O)O)(C(F)(F)F)C2)n1. The van der Waals surface area contributed by atoms with Gasteiger partial charge < -0.3 is 5.11 Å². The maximum absolute atomic E-state index is 13.0. The average molecular weight is 294 g/mol. The van der Waals surface area contributed by atoms with Gasteiger partial charge in [-0.1, -0.05) is 0 Å². The van der Waals surface area contributed by atoms with E-state index in [1.807, 2.05) is 5.38 Å². The van der Waals surface area contributed by atoms with Crippen molar-refractivity contribution in [2.45, 2.75) is 26.1 Å². The van der Waals surface area contributed by atoms with Crippen molar-refractivity contribution in [2.24, 2.45) is 5.41 Å². The summed E-state index contributed by atoms with van der Waals surface area (Å²) in [4.78, 5) is 16.7. The van der Waals surface area contributed by atoms with Crippen LogP contribution in [-0.4, -0.2) is 40.2 Å². The van der Waals surface area contributed by atoms with Crippen LogP contribution in [0.5, 0.6) is 0 Å². The highest BCUT2D eigenvalue weighted by molar-refractivity contribution is 7.09. The normalized spacial score (nSPS) is 24.8. The number of alkyl halides is 3. The van der Waals surface area contributed by atoms with Gasteiger partial charge in [-0.05, 0) is 13.3 Å². The van der Waals surface area contributed by atoms with Gasteiger partial charge in [0.2, 0.25) is 0 Å². The number of thiazole rings is 1. The molecule has 1 saturated heterocycles. The lowest BCUT2D eigenvalue weighted by molar-refractivity contribution is -0.227. The second kappa shape index (κ2) is 4.75. The van der Waals surface area contributed by atoms with Crippen molar-refractivity contribution in [1.29, 1.82) is 0 Å². The smallest absolute Gasteiger partial charge is 0.406 e. The first-order valence-electron chi connectivity index (χ1n) is 5.68. The minimum absolute atomic E-state index is 0.116. The van der Waals surface area contributed by atoms with Gasteiger partial charge in [0.25, 0.3) is 0 Å². The number of carbonyl (C=O) groups is 1. The number of hydrogen-bond acceptors (Lipinski definition) is 4. The fraction of sp³-hybridized carbons (Fsp3) is 0.636. The molecule has 106 valence electrons. The molecule has 2 rings (SSSR count). The first-order chi connectivity index (χ1) is 8.74. The largest absolute Gasteiger partial charge is 0.481 e. The summed E-state index contributed by atoms with van der Waals surface area (Å²) in [5, 5.41) is 11.5. The van der Waals surface area contributed by atoms with Gasteiger partial charge in [0.1, 0.15) is 5.01 Å². The average Bonchev–Trinajstić information content (AvgIpc) is 2.85. The zero-order valence-electron chi connectivity index (χ0n) is 10.2. The third-order valence-electron chi connectivity index (χ3n) is 3.33. The van der Waals surface area contributed by atoms with Gasteiger partial charge in [0.15, 0.2) is 5.41 Å². The van der Waals surface area contributed by atoms with Crippen LogP contribution in [-0.2, 0) is 11.3 Å². The Hall–Kier alpha value is -1.15. The molecule has 1 aromatic heterocycles. The summed E-state index contributed by atoms with van der Waals surface area (Å²) in [5.74, 6) is -1.79. The van der Waals surface area contributed by atoms with Gasteiger partial charge >= 0.3 is 12.1 Å². The topological polar surface area (TPSA) is 53.4 Å². The Kier molecular flexibility index (Phi) is 3.57. The lowest BCUT2D eigenvalue weighted by Crippen LogP contribution is -2.47. The number of rotatable bonds is 3. The van der Waals surface area contributed by atoms with Gasteiger partial charge in [-0.2, -0.15) is 13.2 Å². The number of hydrogen-bond donors (Lipinski definition) is 1. The molecule has 1 aromatic rings. The van der Waals surface area contributed by atoms with Crippen LogP contribution in [0, 0.1) is 12.3 Å². The lowest BCUT2D eigenvalue weighted by atomic mass is 9.86. The van der Waals surface area contributed by atoms with Crippen molar-refractivity contribution in [3.8, 4) is 0 Å². The van der Waals surface area contributed by atoms with Crippen molar-refractivity contribution < 1.29 is 23.1 Å². The molecule has 19 heavy (non-hydrogen) atoms. The summed E-state index contributed by atoms with van der Waals surface area (Å²) in [5.41, 5.74) is -1.82. The van der Waals surface area contributed by atoms with Crippen LogP contribution in [0.3, 0.4) is 0 Å². The molecule has 0 bridgehead atoms. The third-order valence-corrected chi connectivity index (χ3v) is 4.28. The fourth-order valence-corrected chi connectivity index (χ4v) is 3.03. The van der Waals surface area contributed by atoms with Crippen LogP contribution in [0.4, 0.5) is 13.2 Å². The molecule has 4 nitrogen and oxygen atoms in total. The fourth-order valence-electron chi connectivity index (χ4n) is 2.22. The van der Waals surface area contributed by atoms with Crippen LogP contribution < -0.4 is 0 Å². The number of carboxylic acid groups (broad SMARTS) is 1. The molecule has 8 heteroatoms. The highest BCUT2D eigenvalue weighted by Crippen LogP contribution is 2.46. The Balaban J connectivity index is 2.11. The number of aryl methyl sites for hydroxylation is 1. The van der Waals surface area contributed by atoms with E-state index < -0.39 is 30.5 Å². The predicted octanol–water partition coefficient (Wildman–Crippen LogP) is 2.29. The molecule has 0 radical (unpaired) electrons. The summed E-state index contributed by atoms with van der Waals surface area (Å²) in [6, 6.07) is 0. The van der Waals surface area contributed by atoms with E-state index in [-0.39, 0.29) is 13.1 Å². The quantitative estimate of drug-likeness (QED) is 0.929. The van der Waals surface area contributed by atoms with E-state index in [0.29, 0.717) is 5.01 Å². The maximum Gasteiger partial charge on any atom is 0.406 e. The van der Waals surface area contributed by atoms with Crippen molar-refractivity contribution in [3.63, 3.8) is 0 Å². The first-order valence-corrected chi connectivity index (χ1v) is 6.56. The van der Waals surface area contributed by atoms with Gasteiger partial charge in [-0.3, -0.25) is 9.69 Å². The lowest BCUT2D eigenvalue weighted by Gasteiger charge is -2.27. The van der Waals surface area contributed by atoms with E-state index in [9.17, 15) is 18.0 Å². The number of aliphatic carboxylic acids is 1. The number of halogens is 3. The third kappa shape index (κ3) is 2.59. The van der Waals surface area contributed by atoms with E-state index in [4.69, 9.17) is 5.11 Å². The van der Waals surface area contributed by atoms with Crippen LogP contribution in [0.25, 0.3) is 0 Å². The van der Waals surface area contributed by atoms with Crippen molar-refractivity contribution >= 4 is 17.3 Å². The highest BCUT2D eigenvalue weighted by Gasteiger charge is 2.63. The molecule has 0 saturated carbocycles. The number of aromatic nitrogens is 1. The predicted molar refractivity (Wildman–Crippen MR) is 62.9 cm³/mol. The van der Waals surface area contributed by atoms with Crippen LogP contribution in [0.15, 0.2) is 5.38 Å². The Morgan fingerprint density at radius 3 is 2.74 bits per heavy atom. The molecule has 0 amide bonds. The second-order valence-corrected chi connectivity index (χ2v) is 5.67. The zero-order valence-corrected chi connectivity index (χ0v) is 11.0. The Morgan fingerprint density at radius 1 is 1.63 bits per heavy atom. The summed E-state index contributed by atoms with van der Waals surface area (Å²) in [6.07, 6.45) is -5.14. The molecule has 1 atom stereocenters. The standard InChI is InChI=1S/C11H13F3N2O2S/c1-7-5-19-8(15-7)4-16-3-2-10(6-16,9(17)18)11(12,13)14/h5H,2-4,6H2,1H3,(H,17,18). The summed E-state index contributed by atoms with van der Waals surface area (Å²) in [6.45, 7) is 1.68. The molecule has 2 heterocycles. The molecule has 1 fully saturated rings. The second-order valence-electron chi connectivity index (χ2n) is 4.73. The van der Waals surface area contributed by atoms with E-state index in [1.165, 1.54) is 16.2 Å². The molecule has 1 unspecified atom stereocenters. The number of carboxylic acids is 1. The monoisotopic (exact) mass is 294 g/mol. The van der Waals surface area contributed by atoms with E-state index in [0.717, 1.165) is 5.69 Å². The summed E-state index contributed by atoms with van der Waals surface area (Å²) in [7, 11) is 0. The van der Waals surface area contributed by atoms with Crippen molar-refractivity contribution in [2.75, 3.05) is 13.1 Å².